The van der Waals surface area contributed by atoms with E-state index in [0.717, 1.165) is 0 Å². The molecule has 0 saturated heterocycles. The van der Waals surface area contributed by atoms with E-state index in [0.29, 0.717) is 21.6 Å². The van der Waals surface area contributed by atoms with Crippen LogP contribution in [0.5, 0.6) is 5.75 Å². The Hall–Kier alpha value is -2.06. The van der Waals surface area contributed by atoms with E-state index in [-0.39, 0.29) is 10.8 Å². The van der Waals surface area contributed by atoms with Crippen LogP contribution in [0.1, 0.15) is 6.92 Å². The van der Waals surface area contributed by atoms with Gasteiger partial charge < -0.3 is 10.1 Å². The van der Waals surface area contributed by atoms with E-state index in [2.05, 4.69) is 26.0 Å². The summed E-state index contributed by atoms with van der Waals surface area (Å²) in [6, 6.07) is 11.1. The zero-order chi connectivity index (χ0) is 16.6. The molecule has 3 rings (SSSR count). The van der Waals surface area contributed by atoms with E-state index in [4.69, 9.17) is 4.74 Å². The minimum atomic E-state index is -3.72. The summed E-state index contributed by atoms with van der Waals surface area (Å²) in [5, 5.41) is 2.68. The quantitative estimate of drug-likeness (QED) is 0.834. The van der Waals surface area contributed by atoms with Gasteiger partial charge in [0.05, 0.1) is 16.3 Å². The Morgan fingerprint density at radius 2 is 2.00 bits per heavy atom. The lowest BCUT2D eigenvalue weighted by molar-refractivity contribution is -0.122. The van der Waals surface area contributed by atoms with Gasteiger partial charge in [-0.05, 0) is 43.3 Å². The number of hydrogen-bond acceptors (Lipinski definition) is 4. The molecule has 2 aromatic carbocycles. The number of hydrogen-bond donors (Lipinski definition) is 2. The summed E-state index contributed by atoms with van der Waals surface area (Å²) in [5.41, 5.74) is 0.768. The largest absolute Gasteiger partial charge is 0.479 e. The van der Waals surface area contributed by atoms with Crippen molar-refractivity contribution in [3.8, 4) is 5.75 Å². The highest BCUT2D eigenvalue weighted by Crippen LogP contribution is 2.33. The average Bonchev–Trinajstić information content (AvgIpc) is 2.48. The Kier molecular flexibility index (Phi) is 4.03. The lowest BCUT2D eigenvalue weighted by atomic mass is 10.2. The van der Waals surface area contributed by atoms with E-state index in [1.807, 2.05) is 0 Å². The Balaban J connectivity index is 1.89. The Morgan fingerprint density at radius 3 is 2.74 bits per heavy atom. The maximum absolute atomic E-state index is 12.4. The van der Waals surface area contributed by atoms with E-state index in [9.17, 15) is 13.2 Å². The summed E-state index contributed by atoms with van der Waals surface area (Å²) in [5.74, 6) is 0.229. The minimum absolute atomic E-state index is 0.138. The first-order chi connectivity index (χ1) is 10.8. The summed E-state index contributed by atoms with van der Waals surface area (Å²) in [7, 11) is -3.72. The molecular weight excluding hydrogens is 384 g/mol. The fourth-order valence-electron chi connectivity index (χ4n) is 2.12. The van der Waals surface area contributed by atoms with Gasteiger partial charge in [0.1, 0.15) is 5.75 Å². The molecule has 0 radical (unpaired) electrons. The third kappa shape index (κ3) is 3.32. The maximum atomic E-state index is 12.4. The molecule has 1 unspecified atom stereocenters. The molecule has 0 aliphatic carbocycles. The minimum Gasteiger partial charge on any atom is -0.479 e. The lowest BCUT2D eigenvalue weighted by Gasteiger charge is -2.23. The number of carbonyl (C=O) groups excluding carboxylic acids is 1. The van der Waals surface area contributed by atoms with Gasteiger partial charge >= 0.3 is 0 Å². The molecule has 1 aliphatic heterocycles. The second kappa shape index (κ2) is 5.86. The zero-order valence-electron chi connectivity index (χ0n) is 12.0. The van der Waals surface area contributed by atoms with Gasteiger partial charge in [0.15, 0.2) is 6.10 Å². The molecule has 0 aromatic heterocycles. The molecule has 23 heavy (non-hydrogen) atoms. The number of benzene rings is 2. The van der Waals surface area contributed by atoms with Crippen LogP contribution in [0.15, 0.2) is 51.8 Å². The van der Waals surface area contributed by atoms with Crippen molar-refractivity contribution in [3.05, 3.63) is 46.9 Å². The van der Waals surface area contributed by atoms with Gasteiger partial charge in [-0.15, -0.1) is 0 Å². The van der Waals surface area contributed by atoms with Crippen LogP contribution in [-0.2, 0) is 14.8 Å². The average molecular weight is 397 g/mol. The van der Waals surface area contributed by atoms with Gasteiger partial charge in [0.2, 0.25) is 0 Å². The molecule has 0 saturated carbocycles. The lowest BCUT2D eigenvalue weighted by Crippen LogP contribution is -2.34. The van der Waals surface area contributed by atoms with Crippen molar-refractivity contribution in [2.45, 2.75) is 17.9 Å². The van der Waals surface area contributed by atoms with E-state index in [1.165, 1.54) is 18.2 Å². The molecule has 1 amide bonds. The van der Waals surface area contributed by atoms with Crippen LogP contribution in [0, 0.1) is 0 Å². The molecule has 2 aromatic rings. The zero-order valence-corrected chi connectivity index (χ0v) is 14.4. The van der Waals surface area contributed by atoms with Gasteiger partial charge in [0.25, 0.3) is 15.9 Å². The number of ether oxygens (including phenoxy) is 1. The van der Waals surface area contributed by atoms with Crippen LogP contribution in [0.25, 0.3) is 0 Å². The number of carbonyl (C=O) groups is 1. The van der Waals surface area contributed by atoms with Crippen molar-refractivity contribution in [1.82, 2.24) is 0 Å². The fourth-order valence-corrected chi connectivity index (χ4v) is 3.77. The molecular formula is C15H13BrN2O4S. The first kappa shape index (κ1) is 15.8. The summed E-state index contributed by atoms with van der Waals surface area (Å²) < 4.78 is 33.4. The molecule has 1 atom stereocenters. The van der Waals surface area contributed by atoms with Crippen molar-refractivity contribution in [2.75, 3.05) is 10.0 Å². The molecule has 1 heterocycles. The number of halogens is 1. The molecule has 120 valence electrons. The van der Waals surface area contributed by atoms with Gasteiger partial charge in [-0.1, -0.05) is 22.0 Å². The molecule has 0 spiro atoms. The van der Waals surface area contributed by atoms with Crippen molar-refractivity contribution in [3.63, 3.8) is 0 Å². The predicted octanol–water partition coefficient (Wildman–Crippen LogP) is 2.97. The van der Waals surface area contributed by atoms with Gasteiger partial charge in [0, 0.05) is 4.47 Å². The summed E-state index contributed by atoms with van der Waals surface area (Å²) >= 11 is 3.25. The fraction of sp³-hybridized carbons (Fsp3) is 0.133. The predicted molar refractivity (Wildman–Crippen MR) is 90.1 cm³/mol. The molecule has 6 nitrogen and oxygen atoms in total. The van der Waals surface area contributed by atoms with Crippen LogP contribution in [-0.4, -0.2) is 20.4 Å². The topological polar surface area (TPSA) is 84.5 Å². The highest BCUT2D eigenvalue weighted by molar-refractivity contribution is 9.10. The number of sulfonamides is 1. The molecule has 2 N–H and O–H groups in total. The number of nitrogens with one attached hydrogen (secondary N) is 2. The Bertz CT molecular complexity index is 883. The van der Waals surface area contributed by atoms with E-state index in [1.54, 1.807) is 31.2 Å². The van der Waals surface area contributed by atoms with Crippen molar-refractivity contribution in [1.29, 1.82) is 0 Å². The van der Waals surface area contributed by atoms with Crippen LogP contribution in [0.2, 0.25) is 0 Å². The number of fused-ring (bicyclic) bond motifs is 1. The molecule has 0 fully saturated rings. The first-order valence-electron chi connectivity index (χ1n) is 6.75. The van der Waals surface area contributed by atoms with Crippen molar-refractivity contribution < 1.29 is 17.9 Å². The second-order valence-electron chi connectivity index (χ2n) is 5.02. The van der Waals surface area contributed by atoms with Crippen molar-refractivity contribution in [2.24, 2.45) is 0 Å². The summed E-state index contributed by atoms with van der Waals surface area (Å²) in [4.78, 5) is 11.8. The summed E-state index contributed by atoms with van der Waals surface area (Å²) in [6.45, 7) is 1.64. The second-order valence-corrected chi connectivity index (χ2v) is 7.62. The highest BCUT2D eigenvalue weighted by Gasteiger charge is 2.24. The number of anilines is 2. The van der Waals surface area contributed by atoms with E-state index < -0.39 is 16.1 Å². The third-order valence-electron chi connectivity index (χ3n) is 3.27. The Labute approximate surface area is 142 Å². The molecule has 1 aliphatic rings. The monoisotopic (exact) mass is 396 g/mol. The highest BCUT2D eigenvalue weighted by atomic mass is 79.9. The van der Waals surface area contributed by atoms with Gasteiger partial charge in [-0.3, -0.25) is 9.52 Å². The van der Waals surface area contributed by atoms with Gasteiger partial charge in [-0.2, -0.15) is 0 Å². The smallest absolute Gasteiger partial charge is 0.265 e. The number of rotatable bonds is 3. The van der Waals surface area contributed by atoms with Crippen LogP contribution in [0.3, 0.4) is 0 Å². The standard InChI is InChI=1S/C15H13BrN2O4S/c1-9-15(19)17-13-8-11(5-6-14(13)22-9)18-23(20,21)12-4-2-3-10(16)7-12/h2-9,18H,1H3,(H,17,19). The Morgan fingerprint density at radius 1 is 1.22 bits per heavy atom. The normalized spacial score (nSPS) is 17.0. The SMILES string of the molecule is CC1Oc2ccc(NS(=O)(=O)c3cccc(Br)c3)cc2NC1=O. The first-order valence-corrected chi connectivity index (χ1v) is 9.03. The van der Waals surface area contributed by atoms with Crippen LogP contribution in [0.4, 0.5) is 11.4 Å². The maximum Gasteiger partial charge on any atom is 0.265 e. The van der Waals surface area contributed by atoms with Crippen LogP contribution >= 0.6 is 15.9 Å². The number of amides is 1. The van der Waals surface area contributed by atoms with Gasteiger partial charge in [-0.25, -0.2) is 8.42 Å². The molecule has 8 heteroatoms. The van der Waals surface area contributed by atoms with E-state index >= 15 is 0 Å². The molecule has 0 bridgehead atoms. The summed E-state index contributed by atoms with van der Waals surface area (Å²) in [6.07, 6.45) is -0.577. The van der Waals surface area contributed by atoms with Crippen LogP contribution < -0.4 is 14.8 Å². The van der Waals surface area contributed by atoms with Crippen molar-refractivity contribution >= 4 is 43.2 Å². The third-order valence-corrected chi connectivity index (χ3v) is 5.14.